The van der Waals surface area contributed by atoms with Crippen LogP contribution in [0.3, 0.4) is 0 Å². The maximum Gasteiger partial charge on any atom is 0.226 e. The highest BCUT2D eigenvalue weighted by molar-refractivity contribution is 5.79. The summed E-state index contributed by atoms with van der Waals surface area (Å²) in [7, 11) is 2.02. The summed E-state index contributed by atoms with van der Waals surface area (Å²) >= 11 is 0. The van der Waals surface area contributed by atoms with Crippen molar-refractivity contribution in [3.8, 4) is 5.75 Å². The fraction of sp³-hybridized carbons (Fsp3) is 0.409. The summed E-state index contributed by atoms with van der Waals surface area (Å²) in [6.45, 7) is 4.23. The van der Waals surface area contributed by atoms with Gasteiger partial charge in [-0.2, -0.15) is 0 Å². The summed E-state index contributed by atoms with van der Waals surface area (Å²) < 4.78 is 7.53. The van der Waals surface area contributed by atoms with Gasteiger partial charge in [0, 0.05) is 32.8 Å². The van der Waals surface area contributed by atoms with Crippen molar-refractivity contribution in [1.82, 2.24) is 19.4 Å². The highest BCUT2D eigenvalue weighted by atomic mass is 16.5. The van der Waals surface area contributed by atoms with Crippen LogP contribution in [-0.4, -0.2) is 45.0 Å². The minimum Gasteiger partial charge on any atom is -0.494 e. The minimum absolute atomic E-state index is 0.193. The summed E-state index contributed by atoms with van der Waals surface area (Å²) in [6, 6.07) is 11.7. The Morgan fingerprint density at radius 1 is 1.25 bits per heavy atom. The molecule has 1 amide bonds. The number of amides is 1. The minimum atomic E-state index is 0.193. The fourth-order valence-electron chi connectivity index (χ4n) is 3.89. The molecule has 146 valence electrons. The quantitative estimate of drug-likeness (QED) is 0.662. The molecule has 3 aromatic rings. The molecule has 0 spiro atoms. The van der Waals surface area contributed by atoms with Gasteiger partial charge >= 0.3 is 0 Å². The van der Waals surface area contributed by atoms with E-state index in [-0.39, 0.29) is 5.91 Å². The number of nitrogens with zero attached hydrogens (tertiary/aromatic N) is 4. The van der Waals surface area contributed by atoms with Crippen LogP contribution in [-0.2, 0) is 24.7 Å². The lowest BCUT2D eigenvalue weighted by Gasteiger charge is -2.17. The van der Waals surface area contributed by atoms with Crippen LogP contribution in [0.1, 0.15) is 24.7 Å². The zero-order valence-corrected chi connectivity index (χ0v) is 16.5. The number of aryl methyl sites for hydroxylation is 1. The van der Waals surface area contributed by atoms with Gasteiger partial charge in [0.25, 0.3) is 0 Å². The highest BCUT2D eigenvalue weighted by Gasteiger charge is 2.27. The number of benzene rings is 1. The van der Waals surface area contributed by atoms with E-state index in [9.17, 15) is 4.79 Å². The molecular formula is C22H26N4O2. The molecule has 0 saturated carbocycles. The van der Waals surface area contributed by atoms with Crippen LogP contribution in [0.5, 0.6) is 5.75 Å². The van der Waals surface area contributed by atoms with E-state index in [1.807, 2.05) is 55.3 Å². The molecule has 0 aliphatic carbocycles. The maximum atomic E-state index is 12.7. The molecule has 1 aromatic carbocycles. The van der Waals surface area contributed by atoms with Gasteiger partial charge in [-0.1, -0.05) is 12.1 Å². The standard InChI is InChI=1S/C22H26N4O2/c1-3-28-18-8-6-16(7-9-18)14-21(27)26-12-10-17(15-26)13-20-24-19-5-4-11-23-22(19)25(20)2/h4-9,11,17H,3,10,12-15H2,1-2H3/t17-/m1/s1. The van der Waals surface area contributed by atoms with E-state index in [1.165, 1.54) is 0 Å². The van der Waals surface area contributed by atoms with E-state index < -0.39 is 0 Å². The van der Waals surface area contributed by atoms with Gasteiger partial charge in [0.05, 0.1) is 13.0 Å². The third-order valence-electron chi connectivity index (χ3n) is 5.42. The highest BCUT2D eigenvalue weighted by Crippen LogP contribution is 2.23. The Hall–Kier alpha value is -2.89. The lowest BCUT2D eigenvalue weighted by Crippen LogP contribution is -2.30. The van der Waals surface area contributed by atoms with Crippen LogP contribution in [0.25, 0.3) is 11.2 Å². The van der Waals surface area contributed by atoms with Crippen molar-refractivity contribution in [3.63, 3.8) is 0 Å². The van der Waals surface area contributed by atoms with Crippen LogP contribution in [0.4, 0.5) is 0 Å². The van der Waals surface area contributed by atoms with Gasteiger partial charge < -0.3 is 14.2 Å². The Balaban J connectivity index is 1.35. The largest absolute Gasteiger partial charge is 0.494 e. The molecule has 1 aliphatic heterocycles. The first-order valence-electron chi connectivity index (χ1n) is 9.90. The van der Waals surface area contributed by atoms with Crippen LogP contribution in [0.15, 0.2) is 42.6 Å². The van der Waals surface area contributed by atoms with Crippen LogP contribution in [0, 0.1) is 5.92 Å². The van der Waals surface area contributed by atoms with Gasteiger partial charge in [-0.3, -0.25) is 4.79 Å². The SMILES string of the molecule is CCOc1ccc(CC(=O)N2CC[C@H](Cc3nc4cccnc4n3C)C2)cc1. The monoisotopic (exact) mass is 378 g/mol. The third-order valence-corrected chi connectivity index (χ3v) is 5.42. The topological polar surface area (TPSA) is 60.2 Å². The molecule has 4 rings (SSSR count). The molecule has 28 heavy (non-hydrogen) atoms. The smallest absolute Gasteiger partial charge is 0.226 e. The third kappa shape index (κ3) is 3.86. The van der Waals surface area contributed by atoms with Crippen molar-refractivity contribution in [2.75, 3.05) is 19.7 Å². The molecule has 6 heteroatoms. The Kier molecular flexibility index (Phi) is 5.28. The summed E-state index contributed by atoms with van der Waals surface area (Å²) in [6.07, 6.45) is 4.13. The van der Waals surface area contributed by atoms with Gasteiger partial charge in [-0.15, -0.1) is 0 Å². The number of hydrogen-bond donors (Lipinski definition) is 0. The lowest BCUT2D eigenvalue weighted by atomic mass is 10.0. The number of imidazole rings is 1. The van der Waals surface area contributed by atoms with E-state index in [0.717, 1.165) is 54.2 Å². The number of carbonyl (C=O) groups excluding carboxylic acids is 1. The van der Waals surface area contributed by atoms with Crippen LogP contribution in [0.2, 0.25) is 0 Å². The molecule has 6 nitrogen and oxygen atoms in total. The van der Waals surface area contributed by atoms with E-state index in [0.29, 0.717) is 18.9 Å². The van der Waals surface area contributed by atoms with Crippen LogP contribution < -0.4 is 4.74 Å². The van der Waals surface area contributed by atoms with E-state index in [4.69, 9.17) is 9.72 Å². The van der Waals surface area contributed by atoms with Gasteiger partial charge in [0.15, 0.2) is 5.65 Å². The van der Waals surface area contributed by atoms with Crippen molar-refractivity contribution >= 4 is 17.1 Å². The predicted octanol–water partition coefficient (Wildman–Crippen LogP) is 3.00. The number of fused-ring (bicyclic) bond motifs is 1. The summed E-state index contributed by atoms with van der Waals surface area (Å²) in [4.78, 5) is 23.8. The van der Waals surface area contributed by atoms with Crippen molar-refractivity contribution in [2.24, 2.45) is 13.0 Å². The molecule has 0 radical (unpaired) electrons. The Morgan fingerprint density at radius 3 is 2.82 bits per heavy atom. The Labute approximate surface area is 165 Å². The average Bonchev–Trinajstić information content (AvgIpc) is 3.29. The molecule has 2 aromatic heterocycles. The molecule has 0 unspecified atom stereocenters. The first kappa shape index (κ1) is 18.5. The molecule has 1 atom stereocenters. The normalized spacial score (nSPS) is 16.6. The molecule has 0 bridgehead atoms. The van der Waals surface area contributed by atoms with Crippen molar-refractivity contribution < 1.29 is 9.53 Å². The number of ether oxygens (including phenoxy) is 1. The maximum absolute atomic E-state index is 12.7. The van der Waals surface area contributed by atoms with Gasteiger partial charge in [-0.25, -0.2) is 9.97 Å². The Bertz CT molecular complexity index is 964. The number of carbonyl (C=O) groups is 1. The molecule has 3 heterocycles. The molecular weight excluding hydrogens is 352 g/mol. The fourth-order valence-corrected chi connectivity index (χ4v) is 3.89. The van der Waals surface area contributed by atoms with E-state index in [2.05, 4.69) is 9.55 Å². The van der Waals surface area contributed by atoms with E-state index >= 15 is 0 Å². The number of likely N-dealkylation sites (tertiary alicyclic amines) is 1. The van der Waals surface area contributed by atoms with Crippen molar-refractivity contribution in [3.05, 3.63) is 54.0 Å². The van der Waals surface area contributed by atoms with Gasteiger partial charge in [0.2, 0.25) is 5.91 Å². The zero-order valence-electron chi connectivity index (χ0n) is 16.5. The second kappa shape index (κ2) is 8.00. The van der Waals surface area contributed by atoms with E-state index in [1.54, 1.807) is 6.20 Å². The number of rotatable bonds is 6. The zero-order chi connectivity index (χ0) is 19.5. The first-order chi connectivity index (χ1) is 13.6. The predicted molar refractivity (Wildman–Crippen MR) is 108 cm³/mol. The number of pyridine rings is 1. The number of aromatic nitrogens is 3. The lowest BCUT2D eigenvalue weighted by molar-refractivity contribution is -0.129. The van der Waals surface area contributed by atoms with Gasteiger partial charge in [-0.05, 0) is 49.1 Å². The summed E-state index contributed by atoms with van der Waals surface area (Å²) in [5, 5.41) is 0. The van der Waals surface area contributed by atoms with Gasteiger partial charge in [0.1, 0.15) is 17.1 Å². The second-order valence-electron chi connectivity index (χ2n) is 7.39. The summed E-state index contributed by atoms with van der Waals surface area (Å²) in [5.41, 5.74) is 2.87. The van der Waals surface area contributed by atoms with Crippen molar-refractivity contribution in [1.29, 1.82) is 0 Å². The molecule has 1 fully saturated rings. The average molecular weight is 378 g/mol. The second-order valence-corrected chi connectivity index (χ2v) is 7.39. The number of hydrogen-bond acceptors (Lipinski definition) is 4. The van der Waals surface area contributed by atoms with Crippen molar-refractivity contribution in [2.45, 2.75) is 26.2 Å². The molecule has 1 saturated heterocycles. The van der Waals surface area contributed by atoms with Crippen LogP contribution >= 0.6 is 0 Å². The first-order valence-corrected chi connectivity index (χ1v) is 9.90. The molecule has 1 aliphatic rings. The summed E-state index contributed by atoms with van der Waals surface area (Å²) in [5.74, 6) is 2.52. The molecule has 0 N–H and O–H groups in total. The Morgan fingerprint density at radius 2 is 2.07 bits per heavy atom.